The molecule has 4 nitrogen and oxygen atoms in total. The highest BCUT2D eigenvalue weighted by atomic mass is 32.1. The van der Waals surface area contributed by atoms with Crippen molar-refractivity contribution in [3.05, 3.63) is 188 Å². The molecule has 0 bridgehead atoms. The maximum Gasteiger partial charge on any atom is 0.160 e. The van der Waals surface area contributed by atoms with Gasteiger partial charge in [-0.1, -0.05) is 164 Å². The Bertz CT molecular complexity index is 2840. The summed E-state index contributed by atoms with van der Waals surface area (Å²) in [4.78, 5) is 20.4. The van der Waals surface area contributed by atoms with Crippen LogP contribution in [0.3, 0.4) is 0 Å². The second-order valence-corrected chi connectivity index (χ2v) is 14.8. The van der Waals surface area contributed by atoms with Crippen molar-refractivity contribution in [3.63, 3.8) is 0 Å². The fraction of sp³-hybridized carbons (Fsp3) is 0.0400. The summed E-state index contributed by atoms with van der Waals surface area (Å²) < 4.78 is 2.39. The Hall–Kier alpha value is -6.82. The minimum Gasteiger partial charge on any atom is -0.228 e. The molecule has 9 aromatic rings. The van der Waals surface area contributed by atoms with E-state index in [2.05, 4.69) is 127 Å². The van der Waals surface area contributed by atoms with Crippen molar-refractivity contribution in [3.8, 4) is 67.8 Å². The predicted octanol–water partition coefficient (Wildman–Crippen LogP) is 13.4. The molecule has 3 aromatic heterocycles. The van der Waals surface area contributed by atoms with E-state index in [1.54, 1.807) is 11.3 Å². The van der Waals surface area contributed by atoms with E-state index in [1.807, 2.05) is 54.6 Å². The van der Waals surface area contributed by atoms with Gasteiger partial charge in [-0.15, -0.1) is 11.3 Å². The molecular formula is C50H34N4S. The fourth-order valence-corrected chi connectivity index (χ4v) is 8.60. The van der Waals surface area contributed by atoms with Crippen molar-refractivity contribution in [2.75, 3.05) is 0 Å². The molecule has 55 heavy (non-hydrogen) atoms. The summed E-state index contributed by atoms with van der Waals surface area (Å²) in [5, 5.41) is 2.42. The van der Waals surface area contributed by atoms with Gasteiger partial charge in [0.2, 0.25) is 0 Å². The van der Waals surface area contributed by atoms with E-state index < -0.39 is 0 Å². The number of hydrogen-bond acceptors (Lipinski definition) is 5. The Morgan fingerprint density at radius 1 is 0.400 bits per heavy atom. The number of aromatic nitrogens is 4. The molecule has 6 aromatic carbocycles. The molecular weight excluding hydrogens is 689 g/mol. The lowest BCUT2D eigenvalue weighted by molar-refractivity contribution is 1.04. The van der Waals surface area contributed by atoms with E-state index in [-0.39, 0.29) is 0 Å². The first-order valence-electron chi connectivity index (χ1n) is 18.6. The van der Waals surface area contributed by atoms with Crippen LogP contribution in [-0.2, 0) is 0 Å². The lowest BCUT2D eigenvalue weighted by Crippen LogP contribution is -1.96. The molecule has 1 aliphatic rings. The van der Waals surface area contributed by atoms with Crippen LogP contribution in [0.2, 0.25) is 0 Å². The number of thiophene rings is 1. The van der Waals surface area contributed by atoms with E-state index in [1.165, 1.54) is 31.3 Å². The number of hydrogen-bond donors (Lipinski definition) is 0. The smallest absolute Gasteiger partial charge is 0.160 e. The maximum atomic E-state index is 5.21. The van der Waals surface area contributed by atoms with Gasteiger partial charge in [0.05, 0.1) is 22.8 Å². The molecule has 260 valence electrons. The quantitative estimate of drug-likeness (QED) is 0.164. The van der Waals surface area contributed by atoms with Crippen molar-refractivity contribution in [1.82, 2.24) is 19.9 Å². The van der Waals surface area contributed by atoms with Gasteiger partial charge in [-0.25, -0.2) is 19.9 Å². The largest absolute Gasteiger partial charge is 0.228 e. The summed E-state index contributed by atoms with van der Waals surface area (Å²) in [5.41, 5.74) is 12.3. The first kappa shape index (κ1) is 32.8. The Morgan fingerprint density at radius 3 is 1.58 bits per heavy atom. The molecule has 0 saturated heterocycles. The van der Waals surface area contributed by atoms with E-state index in [9.17, 15) is 0 Å². The minimum absolute atomic E-state index is 0.710. The molecule has 0 saturated carbocycles. The van der Waals surface area contributed by atoms with Gasteiger partial charge in [0.1, 0.15) is 0 Å². The number of benzene rings is 6. The summed E-state index contributed by atoms with van der Waals surface area (Å²) in [7, 11) is 0. The van der Waals surface area contributed by atoms with Crippen LogP contribution in [0.4, 0.5) is 0 Å². The molecule has 0 atom stereocenters. The van der Waals surface area contributed by atoms with Crippen molar-refractivity contribution in [2.24, 2.45) is 0 Å². The van der Waals surface area contributed by atoms with Crippen molar-refractivity contribution < 1.29 is 0 Å². The van der Waals surface area contributed by atoms with Crippen LogP contribution >= 0.6 is 11.3 Å². The topological polar surface area (TPSA) is 51.6 Å². The molecule has 0 fully saturated rings. The third kappa shape index (κ3) is 6.45. The average molecular weight is 723 g/mol. The third-order valence-electron chi connectivity index (χ3n) is 10.2. The molecule has 0 amide bonds. The van der Waals surface area contributed by atoms with E-state index in [4.69, 9.17) is 19.9 Å². The maximum absolute atomic E-state index is 5.21. The molecule has 0 spiro atoms. The first-order valence-corrected chi connectivity index (χ1v) is 19.4. The molecule has 1 aliphatic carbocycles. The van der Waals surface area contributed by atoms with Crippen LogP contribution in [0.1, 0.15) is 18.4 Å². The van der Waals surface area contributed by atoms with Crippen molar-refractivity contribution in [2.45, 2.75) is 12.8 Å². The monoisotopic (exact) mass is 722 g/mol. The van der Waals surface area contributed by atoms with Gasteiger partial charge in [0, 0.05) is 53.6 Å². The third-order valence-corrected chi connectivity index (χ3v) is 11.4. The zero-order chi connectivity index (χ0) is 36.6. The Morgan fingerprint density at radius 2 is 0.945 bits per heavy atom. The molecule has 5 heteroatoms. The van der Waals surface area contributed by atoms with Gasteiger partial charge >= 0.3 is 0 Å². The van der Waals surface area contributed by atoms with Gasteiger partial charge in [0.15, 0.2) is 11.6 Å². The van der Waals surface area contributed by atoms with Crippen molar-refractivity contribution >= 4 is 37.1 Å². The lowest BCUT2D eigenvalue weighted by atomic mass is 9.97. The van der Waals surface area contributed by atoms with Crippen LogP contribution in [0.5, 0.6) is 0 Å². The standard InChI is InChI=1S/C50H34N4S/c1-5-14-33(15-6-1)34-24-26-36(27-25-34)44-32-46(54-50(52-44)38-20-11-4-12-21-38)42-23-13-22-41-40-29-28-39(30-47(40)55-48(41)42)45-31-43(35-16-7-2-8-17-35)51-49(53-45)37-18-9-3-10-19-37/h2-5,7-32H,1,6H2. The van der Waals surface area contributed by atoms with Gasteiger partial charge in [-0.2, -0.15) is 0 Å². The SMILES string of the molecule is C1=CC(c2ccc(-c3cc(-c4cccc5c4sc4cc(-c6cc(-c7ccccc7)nc(-c7ccccc7)n6)ccc45)nc(-c4ccccc4)n3)cc2)=CCC1. The van der Waals surface area contributed by atoms with Crippen LogP contribution in [0.15, 0.2) is 182 Å². The molecule has 0 N–H and O–H groups in total. The fourth-order valence-electron chi connectivity index (χ4n) is 7.34. The predicted molar refractivity (Wildman–Crippen MR) is 229 cm³/mol. The van der Waals surface area contributed by atoms with Crippen LogP contribution < -0.4 is 0 Å². The lowest BCUT2D eigenvalue weighted by Gasteiger charge is -2.11. The zero-order valence-electron chi connectivity index (χ0n) is 29.9. The molecule has 0 aliphatic heterocycles. The Kier molecular flexibility index (Phi) is 8.47. The molecule has 10 rings (SSSR count). The average Bonchev–Trinajstić information content (AvgIpc) is 3.66. The highest BCUT2D eigenvalue weighted by Crippen LogP contribution is 2.42. The van der Waals surface area contributed by atoms with Gasteiger partial charge in [-0.05, 0) is 42.2 Å². The van der Waals surface area contributed by atoms with E-state index >= 15 is 0 Å². The van der Waals surface area contributed by atoms with E-state index in [0.717, 1.165) is 69.0 Å². The minimum atomic E-state index is 0.710. The van der Waals surface area contributed by atoms with Crippen LogP contribution in [0, 0.1) is 0 Å². The van der Waals surface area contributed by atoms with Crippen LogP contribution in [-0.4, -0.2) is 19.9 Å². The molecule has 3 heterocycles. The number of allylic oxidation sites excluding steroid dienone is 4. The normalized spacial score (nSPS) is 12.6. The Labute approximate surface area is 323 Å². The van der Waals surface area contributed by atoms with Gasteiger partial charge in [-0.3, -0.25) is 0 Å². The summed E-state index contributed by atoms with van der Waals surface area (Å²) in [6.07, 6.45) is 8.98. The first-order chi connectivity index (χ1) is 27.2. The summed E-state index contributed by atoms with van der Waals surface area (Å²) >= 11 is 1.80. The number of fused-ring (bicyclic) bond motifs is 3. The second-order valence-electron chi connectivity index (χ2n) is 13.7. The van der Waals surface area contributed by atoms with Gasteiger partial charge < -0.3 is 0 Å². The Balaban J connectivity index is 1.09. The van der Waals surface area contributed by atoms with E-state index in [0.29, 0.717) is 11.6 Å². The van der Waals surface area contributed by atoms with Crippen molar-refractivity contribution in [1.29, 1.82) is 0 Å². The summed E-state index contributed by atoms with van der Waals surface area (Å²) in [6, 6.07) is 57.1. The molecule has 0 radical (unpaired) electrons. The second kappa shape index (κ2) is 14.2. The number of nitrogens with zero attached hydrogens (tertiary/aromatic N) is 4. The number of rotatable bonds is 7. The summed E-state index contributed by atoms with van der Waals surface area (Å²) in [6.45, 7) is 0. The van der Waals surface area contributed by atoms with Crippen LogP contribution in [0.25, 0.3) is 93.6 Å². The zero-order valence-corrected chi connectivity index (χ0v) is 30.7. The highest BCUT2D eigenvalue weighted by molar-refractivity contribution is 7.26. The van der Waals surface area contributed by atoms with Gasteiger partial charge in [0.25, 0.3) is 0 Å². The summed E-state index contributed by atoms with van der Waals surface area (Å²) in [5.74, 6) is 1.42. The highest BCUT2D eigenvalue weighted by Gasteiger charge is 2.17. The molecule has 0 unspecified atom stereocenters.